The van der Waals surface area contributed by atoms with Gasteiger partial charge in [0.1, 0.15) is 17.8 Å². The molecule has 8 nitrogen and oxygen atoms in total. The zero-order valence-electron chi connectivity index (χ0n) is 17.8. The molecule has 3 N–H and O–H groups in total. The summed E-state index contributed by atoms with van der Waals surface area (Å²) in [5.74, 6) is 0.356. The van der Waals surface area contributed by atoms with E-state index in [-0.39, 0.29) is 12.4 Å². The highest BCUT2D eigenvalue weighted by atomic mass is 19.1. The zero-order valence-corrected chi connectivity index (χ0v) is 17.8. The minimum Gasteiger partial charge on any atom is -0.462 e. The summed E-state index contributed by atoms with van der Waals surface area (Å²) in [6.45, 7) is 4.58. The molecule has 4 rings (SSSR count). The number of anilines is 5. The number of aromatic nitrogens is 2. The largest absolute Gasteiger partial charge is 0.462 e. The van der Waals surface area contributed by atoms with Crippen LogP contribution in [-0.4, -0.2) is 48.7 Å². The lowest BCUT2D eigenvalue weighted by molar-refractivity contribution is 0.0527. The average molecular weight is 436 g/mol. The van der Waals surface area contributed by atoms with E-state index in [1.165, 1.54) is 12.4 Å². The van der Waals surface area contributed by atoms with Gasteiger partial charge in [-0.2, -0.15) is 0 Å². The van der Waals surface area contributed by atoms with Crippen LogP contribution in [0.25, 0.3) is 0 Å². The molecular formula is C23H25FN6O2. The molecule has 1 fully saturated rings. The maximum Gasteiger partial charge on any atom is 0.340 e. The van der Waals surface area contributed by atoms with Gasteiger partial charge in [0.25, 0.3) is 0 Å². The van der Waals surface area contributed by atoms with Gasteiger partial charge in [-0.15, -0.1) is 0 Å². The number of benzene rings is 2. The van der Waals surface area contributed by atoms with Gasteiger partial charge in [0.2, 0.25) is 0 Å². The van der Waals surface area contributed by atoms with Crippen LogP contribution < -0.4 is 20.9 Å². The van der Waals surface area contributed by atoms with E-state index in [2.05, 4.69) is 20.2 Å². The van der Waals surface area contributed by atoms with Crippen molar-refractivity contribution in [3.05, 3.63) is 66.2 Å². The lowest BCUT2D eigenvalue weighted by atomic mass is 10.1. The van der Waals surface area contributed by atoms with Crippen molar-refractivity contribution in [2.45, 2.75) is 6.92 Å². The van der Waals surface area contributed by atoms with Crippen molar-refractivity contribution in [3.63, 3.8) is 0 Å². The first-order valence-corrected chi connectivity index (χ1v) is 10.5. The highest BCUT2D eigenvalue weighted by molar-refractivity contribution is 5.97. The van der Waals surface area contributed by atoms with Crippen molar-refractivity contribution in [2.24, 2.45) is 0 Å². The fourth-order valence-electron chi connectivity index (χ4n) is 3.71. The summed E-state index contributed by atoms with van der Waals surface area (Å²) in [6.07, 6.45) is 1.43. The summed E-state index contributed by atoms with van der Waals surface area (Å²) in [4.78, 5) is 25.0. The van der Waals surface area contributed by atoms with E-state index in [9.17, 15) is 9.18 Å². The number of ether oxygens (including phenoxy) is 1. The molecule has 32 heavy (non-hydrogen) atoms. The second-order valence-electron chi connectivity index (χ2n) is 7.28. The number of carbonyl (C=O) groups excluding carboxylic acids is 1. The van der Waals surface area contributed by atoms with Gasteiger partial charge in [0, 0.05) is 26.2 Å². The van der Waals surface area contributed by atoms with Gasteiger partial charge >= 0.3 is 5.97 Å². The van der Waals surface area contributed by atoms with Gasteiger partial charge in [-0.3, -0.25) is 0 Å². The van der Waals surface area contributed by atoms with Crippen LogP contribution in [0.1, 0.15) is 17.3 Å². The predicted molar refractivity (Wildman–Crippen MR) is 123 cm³/mol. The predicted octanol–water partition coefficient (Wildman–Crippen LogP) is 3.44. The standard InChI is InChI=1S/C23H25FN6O2/c1-2-32-23(31)16-7-3-5-9-18(16)28-21-20(25)22(27-15-26-21)30-13-11-29(12-14-30)19-10-6-4-8-17(19)24/h3-10,15H,2,11-14,25H2,1H3,(H,26,27,28). The minimum absolute atomic E-state index is 0.228. The number of halogens is 1. The van der Waals surface area contributed by atoms with Crippen molar-refractivity contribution >= 4 is 34.7 Å². The van der Waals surface area contributed by atoms with Crippen LogP contribution in [0.3, 0.4) is 0 Å². The van der Waals surface area contributed by atoms with E-state index in [1.807, 2.05) is 17.0 Å². The van der Waals surface area contributed by atoms with Gasteiger partial charge < -0.3 is 25.6 Å². The van der Waals surface area contributed by atoms with E-state index in [0.29, 0.717) is 60.4 Å². The average Bonchev–Trinajstić information content (AvgIpc) is 2.81. The topological polar surface area (TPSA) is 96.6 Å². The summed E-state index contributed by atoms with van der Waals surface area (Å²) in [7, 11) is 0. The van der Waals surface area contributed by atoms with Gasteiger partial charge in [0.05, 0.1) is 23.5 Å². The second-order valence-corrected chi connectivity index (χ2v) is 7.28. The Balaban J connectivity index is 1.51. The molecule has 0 atom stereocenters. The third-order valence-electron chi connectivity index (χ3n) is 5.31. The third-order valence-corrected chi connectivity index (χ3v) is 5.31. The minimum atomic E-state index is -0.423. The number of hydrogen-bond acceptors (Lipinski definition) is 8. The molecule has 0 bridgehead atoms. The van der Waals surface area contributed by atoms with Gasteiger partial charge in [-0.25, -0.2) is 19.2 Å². The Morgan fingerprint density at radius 2 is 1.75 bits per heavy atom. The van der Waals surface area contributed by atoms with Crippen molar-refractivity contribution in [2.75, 3.05) is 53.6 Å². The van der Waals surface area contributed by atoms with Crippen LogP contribution in [0, 0.1) is 5.82 Å². The van der Waals surface area contributed by atoms with Gasteiger partial charge in [0.15, 0.2) is 11.6 Å². The van der Waals surface area contributed by atoms with Crippen LogP contribution >= 0.6 is 0 Å². The molecule has 3 aromatic rings. The van der Waals surface area contributed by atoms with Crippen LogP contribution in [0.5, 0.6) is 0 Å². The molecule has 0 radical (unpaired) electrons. The first kappa shape index (κ1) is 21.4. The number of nitrogen functional groups attached to an aromatic ring is 1. The SMILES string of the molecule is CCOC(=O)c1ccccc1Nc1ncnc(N2CCN(c3ccccc3F)CC2)c1N. The molecule has 1 aliphatic rings. The molecule has 1 aromatic heterocycles. The molecule has 0 saturated carbocycles. The number of nitrogens with two attached hydrogens (primary N) is 1. The second kappa shape index (κ2) is 9.51. The molecular weight excluding hydrogens is 411 g/mol. The number of nitrogens with zero attached hydrogens (tertiary/aromatic N) is 4. The summed E-state index contributed by atoms with van der Waals surface area (Å²) in [5, 5.41) is 3.14. The molecule has 9 heteroatoms. The Labute approximate surface area is 185 Å². The number of para-hydroxylation sites is 2. The maximum absolute atomic E-state index is 14.1. The Bertz CT molecular complexity index is 1100. The Hall–Kier alpha value is -3.88. The first-order chi connectivity index (χ1) is 15.6. The molecule has 166 valence electrons. The van der Waals surface area contributed by atoms with Crippen LogP contribution in [0.4, 0.5) is 33.1 Å². The molecule has 0 spiro atoms. The van der Waals surface area contributed by atoms with Crippen LogP contribution in [-0.2, 0) is 4.74 Å². The number of rotatable bonds is 6. The molecule has 1 saturated heterocycles. The van der Waals surface area contributed by atoms with Crippen LogP contribution in [0.2, 0.25) is 0 Å². The number of esters is 1. The normalized spacial score (nSPS) is 13.7. The van der Waals surface area contributed by atoms with E-state index in [1.54, 1.807) is 37.3 Å². The van der Waals surface area contributed by atoms with Gasteiger partial charge in [-0.05, 0) is 31.2 Å². The summed E-state index contributed by atoms with van der Waals surface area (Å²) < 4.78 is 19.2. The quantitative estimate of drug-likeness (QED) is 0.567. The maximum atomic E-state index is 14.1. The molecule has 1 aliphatic heterocycles. The lowest BCUT2D eigenvalue weighted by Gasteiger charge is -2.37. The molecule has 2 aromatic carbocycles. The third kappa shape index (κ3) is 4.41. The van der Waals surface area contributed by atoms with E-state index >= 15 is 0 Å². The molecule has 0 amide bonds. The fraction of sp³-hybridized carbons (Fsp3) is 0.261. The lowest BCUT2D eigenvalue weighted by Crippen LogP contribution is -2.47. The van der Waals surface area contributed by atoms with Crippen molar-refractivity contribution in [1.82, 2.24) is 9.97 Å². The van der Waals surface area contributed by atoms with E-state index in [4.69, 9.17) is 10.5 Å². The summed E-state index contributed by atoms with van der Waals surface area (Å²) in [6, 6.07) is 13.8. The highest BCUT2D eigenvalue weighted by Crippen LogP contribution is 2.31. The molecule has 2 heterocycles. The number of carbonyl (C=O) groups is 1. The number of nitrogens with one attached hydrogen (secondary N) is 1. The first-order valence-electron chi connectivity index (χ1n) is 10.5. The monoisotopic (exact) mass is 436 g/mol. The summed E-state index contributed by atoms with van der Waals surface area (Å²) >= 11 is 0. The van der Waals surface area contributed by atoms with Crippen molar-refractivity contribution in [3.8, 4) is 0 Å². The Morgan fingerprint density at radius 3 is 2.50 bits per heavy atom. The Morgan fingerprint density at radius 1 is 1.06 bits per heavy atom. The molecule has 0 unspecified atom stereocenters. The van der Waals surface area contributed by atoms with Gasteiger partial charge in [-0.1, -0.05) is 24.3 Å². The zero-order chi connectivity index (χ0) is 22.5. The van der Waals surface area contributed by atoms with E-state index < -0.39 is 5.97 Å². The van der Waals surface area contributed by atoms with Crippen molar-refractivity contribution < 1.29 is 13.9 Å². The van der Waals surface area contributed by atoms with E-state index in [0.717, 1.165) is 0 Å². The smallest absolute Gasteiger partial charge is 0.340 e. The molecule has 0 aliphatic carbocycles. The number of piperazine rings is 1. The Kier molecular flexibility index (Phi) is 6.34. The van der Waals surface area contributed by atoms with Crippen molar-refractivity contribution in [1.29, 1.82) is 0 Å². The fourth-order valence-corrected chi connectivity index (χ4v) is 3.71. The van der Waals surface area contributed by atoms with Crippen LogP contribution in [0.15, 0.2) is 54.9 Å². The number of hydrogen-bond donors (Lipinski definition) is 2. The highest BCUT2D eigenvalue weighted by Gasteiger charge is 2.23. The summed E-state index contributed by atoms with van der Waals surface area (Å²) in [5.41, 5.74) is 8.32.